The molecule has 0 radical (unpaired) electrons. The van der Waals surface area contributed by atoms with Crippen LogP contribution >= 0.6 is 39.1 Å². The van der Waals surface area contributed by atoms with E-state index in [1.807, 2.05) is 37.3 Å². The molecule has 94 valence electrons. The van der Waals surface area contributed by atoms with Gasteiger partial charge in [0, 0.05) is 20.9 Å². The summed E-state index contributed by atoms with van der Waals surface area (Å²) in [4.78, 5) is 0. The summed E-state index contributed by atoms with van der Waals surface area (Å²) in [5, 5.41) is 1.98. The normalized spacial score (nSPS) is 10.4. The lowest BCUT2D eigenvalue weighted by atomic mass is 10.2. The highest BCUT2D eigenvalue weighted by Crippen LogP contribution is 2.34. The minimum Gasteiger partial charge on any atom is -0.457 e. The van der Waals surface area contributed by atoms with E-state index in [1.165, 1.54) is 0 Å². The third-order valence-corrected chi connectivity index (χ3v) is 3.73. The van der Waals surface area contributed by atoms with Crippen LogP contribution in [0.1, 0.15) is 11.1 Å². The van der Waals surface area contributed by atoms with E-state index in [2.05, 4.69) is 15.9 Å². The van der Waals surface area contributed by atoms with Gasteiger partial charge in [-0.3, -0.25) is 0 Å². The van der Waals surface area contributed by atoms with Crippen LogP contribution in [0, 0.1) is 6.92 Å². The van der Waals surface area contributed by atoms with Crippen molar-refractivity contribution in [3.63, 3.8) is 0 Å². The second-order valence-electron chi connectivity index (χ2n) is 3.86. The zero-order chi connectivity index (χ0) is 13.1. The number of halogens is 3. The summed E-state index contributed by atoms with van der Waals surface area (Å²) in [5.74, 6) is 1.48. The molecule has 0 bridgehead atoms. The predicted octanol–water partition coefficient (Wildman–Crippen LogP) is 5.99. The molecular weight excluding hydrogens is 335 g/mol. The van der Waals surface area contributed by atoms with Crippen LogP contribution in [-0.4, -0.2) is 0 Å². The Balaban J connectivity index is 2.40. The van der Waals surface area contributed by atoms with Gasteiger partial charge in [-0.15, -0.1) is 0 Å². The molecule has 0 heterocycles. The predicted molar refractivity (Wildman–Crippen MR) is 80.3 cm³/mol. The molecule has 2 aromatic carbocycles. The van der Waals surface area contributed by atoms with E-state index in [-0.39, 0.29) is 0 Å². The average molecular weight is 346 g/mol. The second kappa shape index (κ2) is 5.96. The molecule has 4 heteroatoms. The first-order valence-corrected chi connectivity index (χ1v) is 7.27. The number of benzene rings is 2. The first kappa shape index (κ1) is 13.7. The monoisotopic (exact) mass is 344 g/mol. The van der Waals surface area contributed by atoms with Gasteiger partial charge in [-0.05, 0) is 36.8 Å². The van der Waals surface area contributed by atoms with Gasteiger partial charge in [0.15, 0.2) is 0 Å². The lowest BCUT2D eigenvalue weighted by molar-refractivity contribution is 0.475. The SMILES string of the molecule is Cc1ccc(Cl)cc1Oc1cccc(Cl)c1CBr. The first-order valence-electron chi connectivity index (χ1n) is 5.39. The van der Waals surface area contributed by atoms with Gasteiger partial charge >= 0.3 is 0 Å². The molecule has 2 aromatic rings. The minimum absolute atomic E-state index is 0.640. The zero-order valence-electron chi connectivity index (χ0n) is 9.71. The van der Waals surface area contributed by atoms with Crippen molar-refractivity contribution in [2.24, 2.45) is 0 Å². The number of alkyl halides is 1. The number of hydrogen-bond donors (Lipinski definition) is 0. The van der Waals surface area contributed by atoms with Crippen LogP contribution in [0.15, 0.2) is 36.4 Å². The fourth-order valence-electron chi connectivity index (χ4n) is 1.57. The van der Waals surface area contributed by atoms with Crippen molar-refractivity contribution in [1.82, 2.24) is 0 Å². The number of aryl methyl sites for hydroxylation is 1. The van der Waals surface area contributed by atoms with Gasteiger partial charge in [0.2, 0.25) is 0 Å². The van der Waals surface area contributed by atoms with E-state index in [0.717, 1.165) is 22.6 Å². The van der Waals surface area contributed by atoms with E-state index in [1.54, 1.807) is 6.07 Å². The topological polar surface area (TPSA) is 9.23 Å². The van der Waals surface area contributed by atoms with E-state index >= 15 is 0 Å². The maximum absolute atomic E-state index is 6.13. The summed E-state index contributed by atoms with van der Waals surface area (Å²) < 4.78 is 5.89. The lowest BCUT2D eigenvalue weighted by Gasteiger charge is -2.13. The number of rotatable bonds is 3. The van der Waals surface area contributed by atoms with Crippen LogP contribution in [0.2, 0.25) is 10.0 Å². The van der Waals surface area contributed by atoms with E-state index in [0.29, 0.717) is 15.4 Å². The van der Waals surface area contributed by atoms with Crippen LogP contribution in [-0.2, 0) is 5.33 Å². The Morgan fingerprint density at radius 1 is 1.11 bits per heavy atom. The van der Waals surface area contributed by atoms with Crippen molar-refractivity contribution in [2.75, 3.05) is 0 Å². The largest absolute Gasteiger partial charge is 0.457 e. The Kier molecular flexibility index (Phi) is 4.55. The van der Waals surface area contributed by atoms with Crippen LogP contribution in [0.4, 0.5) is 0 Å². The summed E-state index contributed by atoms with van der Waals surface area (Å²) in [6, 6.07) is 11.2. The van der Waals surface area contributed by atoms with Gasteiger partial charge in [-0.25, -0.2) is 0 Å². The lowest BCUT2D eigenvalue weighted by Crippen LogP contribution is -1.92. The molecule has 2 rings (SSSR count). The van der Waals surface area contributed by atoms with Crippen LogP contribution in [0.25, 0.3) is 0 Å². The van der Waals surface area contributed by atoms with Crippen molar-refractivity contribution in [1.29, 1.82) is 0 Å². The molecule has 18 heavy (non-hydrogen) atoms. The van der Waals surface area contributed by atoms with Gasteiger partial charge < -0.3 is 4.74 Å². The Labute approximate surface area is 125 Å². The third-order valence-electron chi connectivity index (χ3n) is 2.58. The Bertz CT molecular complexity index is 570. The molecule has 0 amide bonds. The summed E-state index contributed by atoms with van der Waals surface area (Å²) in [5.41, 5.74) is 1.96. The Morgan fingerprint density at radius 2 is 1.89 bits per heavy atom. The molecule has 0 aromatic heterocycles. The smallest absolute Gasteiger partial charge is 0.132 e. The van der Waals surface area contributed by atoms with Gasteiger partial charge in [0.05, 0.1) is 0 Å². The molecule has 0 fully saturated rings. The molecule has 0 spiro atoms. The van der Waals surface area contributed by atoms with Gasteiger partial charge in [0.1, 0.15) is 11.5 Å². The molecule has 1 nitrogen and oxygen atoms in total. The molecule has 0 unspecified atom stereocenters. The summed E-state index contributed by atoms with van der Waals surface area (Å²) >= 11 is 15.5. The third kappa shape index (κ3) is 3.00. The standard InChI is InChI=1S/C14H11BrCl2O/c1-9-5-6-10(16)7-14(9)18-13-4-2-3-12(17)11(13)8-15/h2-7H,8H2,1H3. The van der Waals surface area contributed by atoms with Crippen molar-refractivity contribution in [2.45, 2.75) is 12.3 Å². The van der Waals surface area contributed by atoms with Gasteiger partial charge in [-0.2, -0.15) is 0 Å². The first-order chi connectivity index (χ1) is 8.61. The molecule has 0 N–H and O–H groups in total. The molecular formula is C14H11BrCl2O. The van der Waals surface area contributed by atoms with Crippen molar-refractivity contribution in [3.05, 3.63) is 57.6 Å². The quantitative estimate of drug-likeness (QED) is 0.621. The average Bonchev–Trinajstić information content (AvgIpc) is 2.34. The fraction of sp³-hybridized carbons (Fsp3) is 0.143. The van der Waals surface area contributed by atoms with Crippen molar-refractivity contribution < 1.29 is 4.74 Å². The summed E-state index contributed by atoms with van der Waals surface area (Å²) in [6.07, 6.45) is 0. The van der Waals surface area contributed by atoms with Gasteiger partial charge in [0.25, 0.3) is 0 Å². The molecule has 0 saturated carbocycles. The molecule has 0 aliphatic heterocycles. The fourth-order valence-corrected chi connectivity index (χ4v) is 2.70. The Hall–Kier alpha value is -0.700. The molecule has 0 aliphatic rings. The molecule has 0 atom stereocenters. The van der Waals surface area contributed by atoms with Crippen molar-refractivity contribution in [3.8, 4) is 11.5 Å². The van der Waals surface area contributed by atoms with E-state index in [9.17, 15) is 0 Å². The number of hydrogen-bond acceptors (Lipinski definition) is 1. The van der Waals surface area contributed by atoms with E-state index < -0.39 is 0 Å². The van der Waals surface area contributed by atoms with Gasteiger partial charge in [-0.1, -0.05) is 51.3 Å². The maximum atomic E-state index is 6.13. The number of ether oxygens (including phenoxy) is 1. The highest BCUT2D eigenvalue weighted by molar-refractivity contribution is 9.08. The zero-order valence-corrected chi connectivity index (χ0v) is 12.8. The Morgan fingerprint density at radius 3 is 2.61 bits per heavy atom. The highest BCUT2D eigenvalue weighted by Gasteiger charge is 2.09. The van der Waals surface area contributed by atoms with Crippen LogP contribution < -0.4 is 4.74 Å². The highest BCUT2D eigenvalue weighted by atomic mass is 79.9. The summed E-state index contributed by atoms with van der Waals surface area (Å²) in [7, 11) is 0. The van der Waals surface area contributed by atoms with Crippen LogP contribution in [0.5, 0.6) is 11.5 Å². The molecule has 0 aliphatic carbocycles. The minimum atomic E-state index is 0.640. The van der Waals surface area contributed by atoms with Crippen LogP contribution in [0.3, 0.4) is 0 Å². The maximum Gasteiger partial charge on any atom is 0.132 e. The summed E-state index contributed by atoms with van der Waals surface area (Å²) in [6.45, 7) is 1.98. The second-order valence-corrected chi connectivity index (χ2v) is 5.27. The molecule has 0 saturated heterocycles. The van der Waals surface area contributed by atoms with E-state index in [4.69, 9.17) is 27.9 Å². The van der Waals surface area contributed by atoms with Crippen molar-refractivity contribution >= 4 is 39.1 Å².